The van der Waals surface area contributed by atoms with E-state index >= 15 is 0 Å². The molecular weight excluding hydrogens is 262 g/mol. The summed E-state index contributed by atoms with van der Waals surface area (Å²) in [7, 11) is 0. The Morgan fingerprint density at radius 3 is 2.29 bits per heavy atom. The average Bonchev–Trinajstić information content (AvgIpc) is 2.80. The van der Waals surface area contributed by atoms with Crippen molar-refractivity contribution in [1.82, 2.24) is 16.2 Å². The Bertz CT molecular complexity index is 466. The predicted molar refractivity (Wildman–Crippen MR) is 85.5 cm³/mol. The molecule has 4 heteroatoms. The molecule has 1 amide bonds. The van der Waals surface area contributed by atoms with Gasteiger partial charge < -0.3 is 5.32 Å². The van der Waals surface area contributed by atoms with Crippen LogP contribution in [0.3, 0.4) is 0 Å². The van der Waals surface area contributed by atoms with Gasteiger partial charge in [-0.05, 0) is 32.8 Å². The molecule has 3 N–H and O–H groups in total. The molecule has 0 bridgehead atoms. The van der Waals surface area contributed by atoms with Crippen LogP contribution >= 0.6 is 0 Å². The summed E-state index contributed by atoms with van der Waals surface area (Å²) in [6.45, 7) is 8.44. The molecular formula is C17H27N3O. The Balaban J connectivity index is 2.03. The first-order chi connectivity index (χ1) is 9.96. The van der Waals surface area contributed by atoms with Crippen molar-refractivity contribution < 1.29 is 4.79 Å². The summed E-state index contributed by atoms with van der Waals surface area (Å²) in [5, 5.41) is 3.23. The van der Waals surface area contributed by atoms with E-state index in [1.807, 2.05) is 18.2 Å². The topological polar surface area (TPSA) is 53.2 Å². The number of rotatable bonds is 5. The van der Waals surface area contributed by atoms with Crippen molar-refractivity contribution in [3.05, 3.63) is 35.9 Å². The van der Waals surface area contributed by atoms with Gasteiger partial charge in [-0.3, -0.25) is 15.6 Å². The quantitative estimate of drug-likeness (QED) is 0.780. The van der Waals surface area contributed by atoms with Gasteiger partial charge in [0.2, 0.25) is 5.91 Å². The van der Waals surface area contributed by atoms with E-state index in [-0.39, 0.29) is 11.4 Å². The minimum Gasteiger partial charge on any atom is -0.347 e. The number of amides is 1. The fraction of sp³-hybridized carbons (Fsp3) is 0.588. The smallest absolute Gasteiger partial charge is 0.221 e. The van der Waals surface area contributed by atoms with Crippen LogP contribution in [0.2, 0.25) is 0 Å². The summed E-state index contributed by atoms with van der Waals surface area (Å²) in [5.41, 5.74) is 7.26. The van der Waals surface area contributed by atoms with Crippen molar-refractivity contribution in [2.75, 3.05) is 0 Å². The number of hydrogen-bond donors (Lipinski definition) is 3. The summed E-state index contributed by atoms with van der Waals surface area (Å²) in [6, 6.07) is 10.8. The van der Waals surface area contributed by atoms with E-state index in [9.17, 15) is 4.79 Å². The molecule has 116 valence electrons. The lowest BCUT2D eigenvalue weighted by atomic mass is 9.87. The maximum absolute atomic E-state index is 12.5. The van der Waals surface area contributed by atoms with E-state index < -0.39 is 0 Å². The van der Waals surface area contributed by atoms with Gasteiger partial charge in [-0.1, -0.05) is 37.3 Å². The first-order valence-electron chi connectivity index (χ1n) is 7.84. The van der Waals surface area contributed by atoms with Crippen LogP contribution in [0.15, 0.2) is 30.3 Å². The molecule has 1 aliphatic heterocycles. The Morgan fingerprint density at radius 1 is 1.19 bits per heavy atom. The van der Waals surface area contributed by atoms with E-state index in [0.717, 1.165) is 12.0 Å². The molecule has 4 nitrogen and oxygen atoms in total. The molecule has 3 atom stereocenters. The highest BCUT2D eigenvalue weighted by atomic mass is 16.1. The standard InChI is InChI=1S/C17H27N3O/c1-5-17(4,14-9-7-6-8-10-14)18-16(21)11-15-12(2)19-20-13(15)3/h6-10,12-13,15,19-20H,5,11H2,1-4H3,(H,18,21). The molecule has 0 aliphatic carbocycles. The zero-order valence-electron chi connectivity index (χ0n) is 13.4. The highest BCUT2D eigenvalue weighted by molar-refractivity contribution is 5.77. The zero-order chi connectivity index (χ0) is 15.5. The van der Waals surface area contributed by atoms with Crippen molar-refractivity contribution in [1.29, 1.82) is 0 Å². The van der Waals surface area contributed by atoms with E-state index in [1.54, 1.807) is 0 Å². The maximum Gasteiger partial charge on any atom is 0.221 e. The number of hydrazine groups is 1. The van der Waals surface area contributed by atoms with Crippen LogP contribution in [-0.4, -0.2) is 18.0 Å². The largest absolute Gasteiger partial charge is 0.347 e. The summed E-state index contributed by atoms with van der Waals surface area (Å²) >= 11 is 0. The molecule has 0 saturated carbocycles. The molecule has 1 heterocycles. The summed E-state index contributed by atoms with van der Waals surface area (Å²) < 4.78 is 0. The molecule has 1 fully saturated rings. The van der Waals surface area contributed by atoms with Gasteiger partial charge in [0.25, 0.3) is 0 Å². The normalized spacial score (nSPS) is 28.1. The Kier molecular flexibility index (Phi) is 5.01. The van der Waals surface area contributed by atoms with Crippen LogP contribution in [0.4, 0.5) is 0 Å². The molecule has 2 rings (SSSR count). The van der Waals surface area contributed by atoms with Gasteiger partial charge in [-0.25, -0.2) is 0 Å². The molecule has 1 aromatic rings. The van der Waals surface area contributed by atoms with E-state index in [1.165, 1.54) is 0 Å². The first-order valence-corrected chi connectivity index (χ1v) is 7.84. The van der Waals surface area contributed by atoms with Crippen molar-refractivity contribution in [3.8, 4) is 0 Å². The van der Waals surface area contributed by atoms with Gasteiger partial charge in [-0.2, -0.15) is 0 Å². The molecule has 3 unspecified atom stereocenters. The van der Waals surface area contributed by atoms with Crippen LogP contribution in [0.1, 0.15) is 46.1 Å². The van der Waals surface area contributed by atoms with Crippen LogP contribution in [0.5, 0.6) is 0 Å². The third-order valence-electron chi connectivity index (χ3n) is 4.78. The monoisotopic (exact) mass is 289 g/mol. The third kappa shape index (κ3) is 3.63. The highest BCUT2D eigenvalue weighted by Gasteiger charge is 2.33. The number of carbonyl (C=O) groups excluding carboxylic acids is 1. The fourth-order valence-electron chi connectivity index (χ4n) is 3.01. The molecule has 0 spiro atoms. The van der Waals surface area contributed by atoms with Crippen LogP contribution in [0, 0.1) is 5.92 Å². The molecule has 0 aromatic heterocycles. The van der Waals surface area contributed by atoms with Crippen molar-refractivity contribution in [2.24, 2.45) is 5.92 Å². The van der Waals surface area contributed by atoms with Crippen molar-refractivity contribution >= 4 is 5.91 Å². The molecule has 1 saturated heterocycles. The second-order valence-corrected chi connectivity index (χ2v) is 6.33. The maximum atomic E-state index is 12.5. The Hall–Kier alpha value is -1.39. The number of nitrogens with one attached hydrogen (secondary N) is 3. The van der Waals surface area contributed by atoms with Crippen LogP contribution in [-0.2, 0) is 10.3 Å². The predicted octanol–water partition coefficient (Wildman–Crippen LogP) is 2.32. The number of hydrogen-bond acceptors (Lipinski definition) is 3. The van der Waals surface area contributed by atoms with E-state index in [2.05, 4.69) is 56.0 Å². The van der Waals surface area contributed by atoms with Gasteiger partial charge in [-0.15, -0.1) is 0 Å². The lowest BCUT2D eigenvalue weighted by Crippen LogP contribution is -2.44. The molecule has 1 aliphatic rings. The summed E-state index contributed by atoms with van der Waals surface area (Å²) in [5.74, 6) is 0.444. The van der Waals surface area contributed by atoms with Gasteiger partial charge in [0.15, 0.2) is 0 Å². The highest BCUT2D eigenvalue weighted by Crippen LogP contribution is 2.25. The van der Waals surface area contributed by atoms with Gasteiger partial charge >= 0.3 is 0 Å². The Labute approximate surface area is 127 Å². The minimum absolute atomic E-state index is 0.123. The second kappa shape index (κ2) is 6.58. The second-order valence-electron chi connectivity index (χ2n) is 6.33. The minimum atomic E-state index is -0.301. The number of carbonyl (C=O) groups is 1. The van der Waals surface area contributed by atoms with Gasteiger partial charge in [0.1, 0.15) is 0 Å². The van der Waals surface area contributed by atoms with Crippen molar-refractivity contribution in [2.45, 2.75) is 58.2 Å². The van der Waals surface area contributed by atoms with Crippen molar-refractivity contribution in [3.63, 3.8) is 0 Å². The SMILES string of the molecule is CCC(C)(NC(=O)CC1C(C)NNC1C)c1ccccc1. The zero-order valence-corrected chi connectivity index (χ0v) is 13.4. The average molecular weight is 289 g/mol. The molecule has 1 aromatic carbocycles. The first kappa shape index (κ1) is 16.0. The third-order valence-corrected chi connectivity index (χ3v) is 4.78. The Morgan fingerprint density at radius 2 is 1.76 bits per heavy atom. The van der Waals surface area contributed by atoms with E-state index in [0.29, 0.717) is 24.4 Å². The van der Waals surface area contributed by atoms with Gasteiger partial charge in [0, 0.05) is 24.4 Å². The fourth-order valence-corrected chi connectivity index (χ4v) is 3.01. The summed E-state index contributed by atoms with van der Waals surface area (Å²) in [4.78, 5) is 12.5. The molecule has 21 heavy (non-hydrogen) atoms. The lowest BCUT2D eigenvalue weighted by Gasteiger charge is -2.31. The van der Waals surface area contributed by atoms with Crippen LogP contribution in [0.25, 0.3) is 0 Å². The lowest BCUT2D eigenvalue weighted by molar-refractivity contribution is -0.124. The van der Waals surface area contributed by atoms with E-state index in [4.69, 9.17) is 0 Å². The number of benzene rings is 1. The summed E-state index contributed by atoms with van der Waals surface area (Å²) in [6.07, 6.45) is 1.42. The van der Waals surface area contributed by atoms with Gasteiger partial charge in [0.05, 0.1) is 5.54 Å². The molecule has 0 radical (unpaired) electrons. The van der Waals surface area contributed by atoms with Crippen LogP contribution < -0.4 is 16.2 Å².